The third-order valence-corrected chi connectivity index (χ3v) is 7.90. The highest BCUT2D eigenvalue weighted by atomic mass is 35.5. The number of thiophene rings is 1. The number of nitrogens with zero attached hydrogens (tertiary/aromatic N) is 4. The third-order valence-electron chi connectivity index (χ3n) is 5.15. The zero-order valence-electron chi connectivity index (χ0n) is 20.9. The number of ether oxygens (including phenoxy) is 2. The normalized spacial score (nSPS) is 11.7. The molecule has 2 amide bonds. The smallest absolute Gasteiger partial charge is 0.341 e. The maximum absolute atomic E-state index is 12.8. The van der Waals surface area contributed by atoms with Crippen LogP contribution in [-0.2, 0) is 16.6 Å². The van der Waals surface area contributed by atoms with Crippen molar-refractivity contribution in [3.8, 4) is 5.75 Å². The lowest BCUT2D eigenvalue weighted by Gasteiger charge is -2.15. The molecule has 0 aliphatic carbocycles. The molecule has 10 nitrogen and oxygen atoms in total. The number of hydrogen-bond acceptors (Lipinski definition) is 9. The molecule has 198 valence electrons. The standard InChI is InChI=1S/C23H25Cl2N5O5S2/c1-11-17(22(33)34-6)20(37-18(11)21(32)29(3)4)26-16(31)10-36-23-28-27-19(30(23)5)12(2)35-15-8-7-13(24)9-14(15)25/h7-9,12H,10H2,1-6H3,(H,26,31). The van der Waals surface area contributed by atoms with Gasteiger partial charge in [0.05, 0.1) is 28.3 Å². The summed E-state index contributed by atoms with van der Waals surface area (Å²) in [6, 6.07) is 4.93. The van der Waals surface area contributed by atoms with Crippen LogP contribution in [0.3, 0.4) is 0 Å². The van der Waals surface area contributed by atoms with Gasteiger partial charge in [-0.25, -0.2) is 4.79 Å². The topological polar surface area (TPSA) is 116 Å². The molecule has 0 bridgehead atoms. The number of anilines is 1. The van der Waals surface area contributed by atoms with Crippen LogP contribution in [0.4, 0.5) is 5.00 Å². The second kappa shape index (κ2) is 12.2. The van der Waals surface area contributed by atoms with Gasteiger partial charge in [0.15, 0.2) is 17.1 Å². The molecule has 0 fully saturated rings. The number of amides is 2. The summed E-state index contributed by atoms with van der Waals surface area (Å²) in [6.45, 7) is 3.45. The molecule has 0 saturated heterocycles. The van der Waals surface area contributed by atoms with Gasteiger partial charge < -0.3 is 24.3 Å². The lowest BCUT2D eigenvalue weighted by atomic mass is 10.1. The number of carbonyl (C=O) groups excluding carboxylic acids is 3. The first kappa shape index (κ1) is 28.8. The molecular formula is C23H25Cl2N5O5S2. The summed E-state index contributed by atoms with van der Waals surface area (Å²) in [6.07, 6.45) is -0.483. The van der Waals surface area contributed by atoms with Crippen LogP contribution in [0.1, 0.15) is 44.4 Å². The molecule has 2 aromatic heterocycles. The zero-order valence-corrected chi connectivity index (χ0v) is 24.1. The Morgan fingerprint density at radius 1 is 1.24 bits per heavy atom. The summed E-state index contributed by atoms with van der Waals surface area (Å²) in [5, 5.41) is 12.7. The number of aromatic nitrogens is 3. The molecule has 0 aliphatic heterocycles. The lowest BCUT2D eigenvalue weighted by Crippen LogP contribution is -2.21. The van der Waals surface area contributed by atoms with Crippen molar-refractivity contribution >= 4 is 69.1 Å². The van der Waals surface area contributed by atoms with E-state index < -0.39 is 12.1 Å². The molecule has 1 N–H and O–H groups in total. The number of methoxy groups -OCH3 is 1. The van der Waals surface area contributed by atoms with Crippen LogP contribution in [-0.4, -0.2) is 64.4 Å². The van der Waals surface area contributed by atoms with Gasteiger partial charge in [0.1, 0.15) is 10.8 Å². The lowest BCUT2D eigenvalue weighted by molar-refractivity contribution is -0.113. The molecule has 14 heteroatoms. The van der Waals surface area contributed by atoms with E-state index in [1.165, 1.54) is 12.0 Å². The average Bonchev–Trinajstić information content (AvgIpc) is 3.37. The minimum atomic E-state index is -0.637. The number of esters is 1. The van der Waals surface area contributed by atoms with Gasteiger partial charge in [-0.15, -0.1) is 21.5 Å². The molecule has 3 rings (SSSR count). The molecule has 0 spiro atoms. The van der Waals surface area contributed by atoms with E-state index in [4.69, 9.17) is 32.7 Å². The second-order valence-electron chi connectivity index (χ2n) is 8.02. The van der Waals surface area contributed by atoms with Gasteiger partial charge in [-0.3, -0.25) is 9.59 Å². The Balaban J connectivity index is 1.70. The van der Waals surface area contributed by atoms with Crippen molar-refractivity contribution < 1.29 is 23.9 Å². The summed E-state index contributed by atoms with van der Waals surface area (Å²) in [5.74, 6) is -0.328. The van der Waals surface area contributed by atoms with E-state index in [9.17, 15) is 14.4 Å². The Morgan fingerprint density at radius 3 is 2.57 bits per heavy atom. The van der Waals surface area contributed by atoms with Gasteiger partial charge in [0, 0.05) is 26.2 Å². The van der Waals surface area contributed by atoms with Gasteiger partial charge >= 0.3 is 5.97 Å². The molecule has 1 atom stereocenters. The van der Waals surface area contributed by atoms with Gasteiger partial charge in [0.25, 0.3) is 5.91 Å². The predicted octanol–water partition coefficient (Wildman–Crippen LogP) is 4.85. The van der Waals surface area contributed by atoms with Gasteiger partial charge in [-0.2, -0.15) is 0 Å². The van der Waals surface area contributed by atoms with Crippen LogP contribution < -0.4 is 10.1 Å². The monoisotopic (exact) mass is 585 g/mol. The fraction of sp³-hybridized carbons (Fsp3) is 0.348. The number of rotatable bonds is 9. The Bertz CT molecular complexity index is 1340. The molecule has 0 aliphatic rings. The first-order valence-corrected chi connectivity index (χ1v) is 13.4. The number of benzene rings is 1. The van der Waals surface area contributed by atoms with Crippen molar-refractivity contribution in [1.29, 1.82) is 0 Å². The summed E-state index contributed by atoms with van der Waals surface area (Å²) in [5.41, 5.74) is 0.607. The maximum atomic E-state index is 12.8. The van der Waals surface area contributed by atoms with Crippen LogP contribution in [0, 0.1) is 6.92 Å². The van der Waals surface area contributed by atoms with Gasteiger partial charge in [-0.05, 0) is 37.6 Å². The minimum absolute atomic E-state index is 0.0151. The molecule has 0 radical (unpaired) electrons. The third kappa shape index (κ3) is 6.56. The Labute approximate surface area is 232 Å². The van der Waals surface area contributed by atoms with Crippen molar-refractivity contribution in [2.75, 3.05) is 32.3 Å². The molecule has 1 unspecified atom stereocenters. The summed E-state index contributed by atoms with van der Waals surface area (Å²) < 4.78 is 12.5. The van der Waals surface area contributed by atoms with Crippen LogP contribution in [0.15, 0.2) is 23.4 Å². The van der Waals surface area contributed by atoms with Crippen molar-refractivity contribution in [1.82, 2.24) is 19.7 Å². The van der Waals surface area contributed by atoms with E-state index in [0.717, 1.165) is 23.1 Å². The summed E-state index contributed by atoms with van der Waals surface area (Å²) in [7, 11) is 6.22. The summed E-state index contributed by atoms with van der Waals surface area (Å²) in [4.78, 5) is 39.4. The van der Waals surface area contributed by atoms with Crippen LogP contribution in [0.25, 0.3) is 0 Å². The predicted molar refractivity (Wildman–Crippen MR) is 144 cm³/mol. The quantitative estimate of drug-likeness (QED) is 0.280. The van der Waals surface area contributed by atoms with Gasteiger partial charge in [0.2, 0.25) is 5.91 Å². The van der Waals surface area contributed by atoms with Gasteiger partial charge in [-0.1, -0.05) is 35.0 Å². The van der Waals surface area contributed by atoms with Crippen LogP contribution >= 0.6 is 46.3 Å². The number of halogens is 2. The van der Waals surface area contributed by atoms with Crippen molar-refractivity contribution in [2.45, 2.75) is 25.1 Å². The Morgan fingerprint density at radius 2 is 1.95 bits per heavy atom. The second-order valence-corrected chi connectivity index (χ2v) is 10.8. The zero-order chi connectivity index (χ0) is 27.4. The van der Waals surface area contributed by atoms with E-state index in [1.54, 1.807) is 57.8 Å². The Kier molecular flexibility index (Phi) is 9.46. The maximum Gasteiger partial charge on any atom is 0.341 e. The average molecular weight is 587 g/mol. The van der Waals surface area contributed by atoms with E-state index >= 15 is 0 Å². The number of nitrogens with one attached hydrogen (secondary N) is 1. The van der Waals surface area contributed by atoms with Crippen LogP contribution in [0.5, 0.6) is 5.75 Å². The van der Waals surface area contributed by atoms with Crippen molar-refractivity contribution in [3.63, 3.8) is 0 Å². The fourth-order valence-corrected chi connectivity index (χ4v) is 5.67. The largest absolute Gasteiger partial charge is 0.481 e. The van der Waals surface area contributed by atoms with Crippen LogP contribution in [0.2, 0.25) is 10.0 Å². The number of thioether (sulfide) groups is 1. The first-order chi connectivity index (χ1) is 17.4. The highest BCUT2D eigenvalue weighted by molar-refractivity contribution is 7.99. The SMILES string of the molecule is COC(=O)c1c(NC(=O)CSc2nnc(C(C)Oc3ccc(Cl)cc3Cl)n2C)sc(C(=O)N(C)C)c1C. The number of carbonyl (C=O) groups is 3. The van der Waals surface area contributed by atoms with Crippen molar-refractivity contribution in [3.05, 3.63) is 50.1 Å². The minimum Gasteiger partial charge on any atom is -0.481 e. The molecule has 37 heavy (non-hydrogen) atoms. The van der Waals surface area contributed by atoms with E-state index in [0.29, 0.717) is 37.2 Å². The van der Waals surface area contributed by atoms with E-state index in [2.05, 4.69) is 15.5 Å². The molecule has 0 saturated carbocycles. The Hall–Kier alpha value is -2.80. The highest BCUT2D eigenvalue weighted by Gasteiger charge is 2.27. The van der Waals surface area contributed by atoms with E-state index in [1.807, 2.05) is 0 Å². The number of hydrogen-bond donors (Lipinski definition) is 1. The fourth-order valence-electron chi connectivity index (χ4n) is 3.27. The highest BCUT2D eigenvalue weighted by Crippen LogP contribution is 2.35. The molecule has 1 aromatic carbocycles. The molecule has 2 heterocycles. The summed E-state index contributed by atoms with van der Waals surface area (Å²) >= 11 is 14.3. The molecular weight excluding hydrogens is 561 g/mol. The van der Waals surface area contributed by atoms with Crippen molar-refractivity contribution in [2.24, 2.45) is 7.05 Å². The molecule has 3 aromatic rings. The van der Waals surface area contributed by atoms with E-state index in [-0.39, 0.29) is 28.1 Å². The first-order valence-electron chi connectivity index (χ1n) is 10.8.